The van der Waals surface area contributed by atoms with Gasteiger partial charge in [-0.1, -0.05) is 72.8 Å². The first-order valence-electron chi connectivity index (χ1n) is 9.37. The van der Waals surface area contributed by atoms with Crippen molar-refractivity contribution in [3.8, 4) is 0 Å². The van der Waals surface area contributed by atoms with Crippen LogP contribution in [0.25, 0.3) is 5.32 Å². The van der Waals surface area contributed by atoms with E-state index in [0.717, 1.165) is 44.2 Å². The van der Waals surface area contributed by atoms with Gasteiger partial charge in [-0.25, -0.2) is 0 Å². The second kappa shape index (κ2) is 9.26. The highest BCUT2D eigenvalue weighted by molar-refractivity contribution is 6.35. The predicted molar refractivity (Wildman–Crippen MR) is 109 cm³/mol. The Morgan fingerprint density at radius 1 is 1.07 bits per heavy atom. The lowest BCUT2D eigenvalue weighted by molar-refractivity contribution is -0.137. The SMILES string of the molecule is O=C(NC1CCCCC1)C([N-]c1cccc(C(F)(F)F)c1)c1ccc(Cl)cc1Cl. The number of alkyl halides is 3. The fourth-order valence-corrected chi connectivity index (χ4v) is 3.94. The fourth-order valence-electron chi connectivity index (χ4n) is 3.43. The van der Waals surface area contributed by atoms with E-state index in [-0.39, 0.29) is 16.8 Å². The van der Waals surface area contributed by atoms with E-state index >= 15 is 0 Å². The maximum absolute atomic E-state index is 13.0. The molecule has 1 aliphatic rings. The van der Waals surface area contributed by atoms with Crippen LogP contribution in [0, 0.1) is 0 Å². The zero-order valence-corrected chi connectivity index (χ0v) is 17.0. The highest BCUT2D eigenvalue weighted by Gasteiger charge is 2.30. The monoisotopic (exact) mass is 443 g/mol. The third kappa shape index (κ3) is 5.80. The van der Waals surface area contributed by atoms with Crippen molar-refractivity contribution < 1.29 is 18.0 Å². The molecule has 3 nitrogen and oxygen atoms in total. The standard InChI is InChI=1S/C21H20Cl2F3N2O/c22-14-9-10-17(18(23)12-14)19(20(29)28-15-6-2-1-3-7-15)27-16-8-4-5-13(11-16)21(24,25)26/h4-5,8-12,15,19H,1-3,6-7H2,(H,28,29)/q-1. The number of amides is 1. The van der Waals surface area contributed by atoms with Crippen molar-refractivity contribution in [2.45, 2.75) is 50.4 Å². The van der Waals surface area contributed by atoms with E-state index in [9.17, 15) is 18.0 Å². The van der Waals surface area contributed by atoms with Crippen LogP contribution >= 0.6 is 23.2 Å². The van der Waals surface area contributed by atoms with Crippen LogP contribution in [0.2, 0.25) is 10.0 Å². The molecule has 0 heterocycles. The zero-order valence-electron chi connectivity index (χ0n) is 15.5. The van der Waals surface area contributed by atoms with Gasteiger partial charge in [0.1, 0.15) is 0 Å². The summed E-state index contributed by atoms with van der Waals surface area (Å²) in [6, 6.07) is 8.17. The number of hydrogen-bond acceptors (Lipinski definition) is 1. The molecular weight excluding hydrogens is 424 g/mol. The van der Waals surface area contributed by atoms with Crippen LogP contribution in [-0.4, -0.2) is 11.9 Å². The van der Waals surface area contributed by atoms with Crippen molar-refractivity contribution in [2.24, 2.45) is 0 Å². The molecule has 0 aromatic heterocycles. The van der Waals surface area contributed by atoms with Crippen LogP contribution in [0.5, 0.6) is 0 Å². The molecule has 1 saturated carbocycles. The Kier molecular flexibility index (Phi) is 6.96. The largest absolute Gasteiger partial charge is 0.670 e. The van der Waals surface area contributed by atoms with E-state index in [1.54, 1.807) is 12.1 Å². The summed E-state index contributed by atoms with van der Waals surface area (Å²) in [7, 11) is 0. The van der Waals surface area contributed by atoms with Gasteiger partial charge in [0.15, 0.2) is 0 Å². The molecule has 1 fully saturated rings. The van der Waals surface area contributed by atoms with Gasteiger partial charge < -0.3 is 10.6 Å². The third-order valence-electron chi connectivity index (χ3n) is 4.91. The van der Waals surface area contributed by atoms with E-state index < -0.39 is 23.7 Å². The van der Waals surface area contributed by atoms with Crippen LogP contribution in [0.3, 0.4) is 0 Å². The molecule has 1 unspecified atom stereocenters. The van der Waals surface area contributed by atoms with Crippen molar-refractivity contribution >= 4 is 34.8 Å². The molecule has 1 atom stereocenters. The minimum Gasteiger partial charge on any atom is -0.670 e. The lowest BCUT2D eigenvalue weighted by atomic mass is 9.95. The summed E-state index contributed by atoms with van der Waals surface area (Å²) in [4.78, 5) is 13.0. The number of nitrogens with one attached hydrogen (secondary N) is 1. The van der Waals surface area contributed by atoms with Crippen LogP contribution in [0.1, 0.15) is 49.3 Å². The average Bonchev–Trinajstić information content (AvgIpc) is 2.67. The number of nitrogens with zero attached hydrogens (tertiary/aromatic N) is 1. The van der Waals surface area contributed by atoms with Gasteiger partial charge in [-0.3, -0.25) is 4.79 Å². The first-order chi connectivity index (χ1) is 13.7. The molecule has 29 heavy (non-hydrogen) atoms. The molecule has 3 rings (SSSR count). The first-order valence-corrected chi connectivity index (χ1v) is 10.1. The highest BCUT2D eigenvalue weighted by Crippen LogP contribution is 2.39. The summed E-state index contributed by atoms with van der Waals surface area (Å²) in [6.07, 6.45) is 0.438. The lowest BCUT2D eigenvalue weighted by Crippen LogP contribution is -2.39. The van der Waals surface area contributed by atoms with Gasteiger partial charge in [-0.05, 0) is 36.6 Å². The summed E-state index contributed by atoms with van der Waals surface area (Å²) in [5, 5.41) is 7.92. The number of halogens is 5. The van der Waals surface area contributed by atoms with E-state index in [4.69, 9.17) is 23.2 Å². The number of rotatable bonds is 5. The van der Waals surface area contributed by atoms with Crippen LogP contribution in [-0.2, 0) is 11.0 Å². The maximum Gasteiger partial charge on any atom is 0.416 e. The Labute approximate surface area is 177 Å². The Hall–Kier alpha value is -1.92. The van der Waals surface area contributed by atoms with Crippen LogP contribution < -0.4 is 5.32 Å². The normalized spacial score (nSPS) is 16.3. The minimum absolute atomic E-state index is 0.0292. The Bertz CT molecular complexity index is 867. The Balaban J connectivity index is 1.89. The van der Waals surface area contributed by atoms with Gasteiger partial charge in [-0.2, -0.15) is 13.2 Å². The van der Waals surface area contributed by atoms with Gasteiger partial charge in [0.25, 0.3) is 0 Å². The van der Waals surface area contributed by atoms with E-state index in [2.05, 4.69) is 10.6 Å². The van der Waals surface area contributed by atoms with Crippen LogP contribution in [0.4, 0.5) is 18.9 Å². The average molecular weight is 444 g/mol. The smallest absolute Gasteiger partial charge is 0.416 e. The molecule has 0 spiro atoms. The summed E-state index contributed by atoms with van der Waals surface area (Å²) in [6.45, 7) is 0. The van der Waals surface area contributed by atoms with Crippen molar-refractivity contribution in [1.29, 1.82) is 0 Å². The molecule has 0 saturated heterocycles. The molecule has 1 amide bonds. The van der Waals surface area contributed by atoms with Crippen molar-refractivity contribution in [2.75, 3.05) is 0 Å². The highest BCUT2D eigenvalue weighted by atomic mass is 35.5. The van der Waals surface area contributed by atoms with Gasteiger partial charge in [0.05, 0.1) is 5.56 Å². The zero-order chi connectivity index (χ0) is 21.0. The second-order valence-corrected chi connectivity index (χ2v) is 7.93. The van der Waals surface area contributed by atoms with Crippen LogP contribution in [0.15, 0.2) is 42.5 Å². The topological polar surface area (TPSA) is 43.2 Å². The molecular formula is C21H20Cl2F3N2O-. The summed E-state index contributed by atoms with van der Waals surface area (Å²) < 4.78 is 39.1. The summed E-state index contributed by atoms with van der Waals surface area (Å²) >= 11 is 12.2. The van der Waals surface area contributed by atoms with Gasteiger partial charge >= 0.3 is 6.18 Å². The van der Waals surface area contributed by atoms with E-state index in [0.29, 0.717) is 10.6 Å². The second-order valence-electron chi connectivity index (χ2n) is 7.09. The molecule has 2 aromatic carbocycles. The minimum atomic E-state index is -4.50. The maximum atomic E-state index is 13.0. The Morgan fingerprint density at radius 3 is 2.45 bits per heavy atom. The van der Waals surface area contributed by atoms with E-state index in [1.165, 1.54) is 18.2 Å². The molecule has 0 bridgehead atoms. The third-order valence-corrected chi connectivity index (χ3v) is 5.47. The molecule has 2 aromatic rings. The summed E-state index contributed by atoms with van der Waals surface area (Å²) in [5.74, 6) is -0.390. The predicted octanol–water partition coefficient (Wildman–Crippen LogP) is 7.21. The Morgan fingerprint density at radius 2 is 1.79 bits per heavy atom. The lowest BCUT2D eigenvalue weighted by Gasteiger charge is -2.35. The molecule has 0 aliphatic heterocycles. The fraction of sp³-hybridized carbons (Fsp3) is 0.381. The van der Waals surface area contributed by atoms with Crippen molar-refractivity contribution in [3.05, 3.63) is 69.0 Å². The summed E-state index contributed by atoms with van der Waals surface area (Å²) in [5.41, 5.74) is -0.385. The molecule has 1 aliphatic carbocycles. The number of benzene rings is 2. The number of hydrogen-bond donors (Lipinski definition) is 1. The molecule has 1 N–H and O–H groups in total. The quantitative estimate of drug-likeness (QED) is 0.521. The van der Waals surface area contributed by atoms with Gasteiger partial charge in [0, 0.05) is 16.1 Å². The number of carbonyl (C=O) groups excluding carboxylic acids is 1. The molecule has 0 radical (unpaired) electrons. The van der Waals surface area contributed by atoms with Gasteiger partial charge in [-0.15, -0.1) is 5.69 Å². The molecule has 156 valence electrons. The molecule has 8 heteroatoms. The van der Waals surface area contributed by atoms with E-state index in [1.807, 2.05) is 0 Å². The first kappa shape index (κ1) is 21.8. The van der Waals surface area contributed by atoms with Crippen molar-refractivity contribution in [3.63, 3.8) is 0 Å². The number of carbonyl (C=O) groups is 1. The van der Waals surface area contributed by atoms with Crippen molar-refractivity contribution in [1.82, 2.24) is 5.32 Å². The van der Waals surface area contributed by atoms with Gasteiger partial charge in [0.2, 0.25) is 5.91 Å².